The molecular weight excluding hydrogens is 334 g/mol. The van der Waals surface area contributed by atoms with Crippen molar-refractivity contribution in [3.8, 4) is 11.5 Å². The zero-order chi connectivity index (χ0) is 18.7. The van der Waals surface area contributed by atoms with Gasteiger partial charge in [-0.15, -0.1) is 0 Å². The van der Waals surface area contributed by atoms with Crippen LogP contribution >= 0.6 is 0 Å². The highest BCUT2D eigenvalue weighted by molar-refractivity contribution is 5.96. The van der Waals surface area contributed by atoms with E-state index in [9.17, 15) is 14.7 Å². The second kappa shape index (κ2) is 7.47. The summed E-state index contributed by atoms with van der Waals surface area (Å²) in [6.07, 6.45) is 0.521. The molecule has 6 nitrogen and oxygen atoms in total. The molecule has 0 unspecified atom stereocenters. The van der Waals surface area contributed by atoms with Gasteiger partial charge in [-0.3, -0.25) is 9.59 Å². The molecule has 1 saturated heterocycles. The zero-order valence-corrected chi connectivity index (χ0v) is 14.7. The van der Waals surface area contributed by atoms with Gasteiger partial charge in [0, 0.05) is 12.1 Å². The first kappa shape index (κ1) is 17.8. The van der Waals surface area contributed by atoms with E-state index in [1.54, 1.807) is 55.5 Å². The van der Waals surface area contributed by atoms with E-state index in [1.165, 1.54) is 0 Å². The van der Waals surface area contributed by atoms with Crippen LogP contribution in [-0.4, -0.2) is 31.2 Å². The van der Waals surface area contributed by atoms with E-state index in [1.807, 2.05) is 12.1 Å². The summed E-state index contributed by atoms with van der Waals surface area (Å²) in [4.78, 5) is 26.2. The van der Waals surface area contributed by atoms with Crippen LogP contribution in [0.15, 0.2) is 48.5 Å². The van der Waals surface area contributed by atoms with E-state index in [-0.39, 0.29) is 12.3 Å². The van der Waals surface area contributed by atoms with Crippen molar-refractivity contribution in [2.45, 2.75) is 18.9 Å². The van der Waals surface area contributed by atoms with Gasteiger partial charge in [0.1, 0.15) is 11.5 Å². The third-order valence-corrected chi connectivity index (χ3v) is 4.72. The number of carbonyl (C=O) groups is 2. The Labute approximate surface area is 152 Å². The summed E-state index contributed by atoms with van der Waals surface area (Å²) in [5, 5.41) is 9.72. The number of anilines is 1. The maximum absolute atomic E-state index is 12.7. The molecule has 1 fully saturated rings. The van der Waals surface area contributed by atoms with Gasteiger partial charge in [-0.1, -0.05) is 12.1 Å². The van der Waals surface area contributed by atoms with Crippen LogP contribution in [-0.2, 0) is 9.59 Å². The summed E-state index contributed by atoms with van der Waals surface area (Å²) in [6, 6.07) is 13.7. The average Bonchev–Trinajstić information content (AvgIpc) is 2.67. The molecule has 1 aliphatic heterocycles. The molecule has 2 aromatic carbocycles. The minimum Gasteiger partial charge on any atom is -0.497 e. The van der Waals surface area contributed by atoms with Crippen LogP contribution in [0.4, 0.5) is 5.69 Å². The summed E-state index contributed by atoms with van der Waals surface area (Å²) < 4.78 is 10.3. The lowest BCUT2D eigenvalue weighted by atomic mass is 9.84. The predicted molar refractivity (Wildman–Crippen MR) is 96.6 cm³/mol. The number of hydrogen-bond acceptors (Lipinski definition) is 4. The molecule has 0 aromatic heterocycles. The summed E-state index contributed by atoms with van der Waals surface area (Å²) in [7, 11) is 3.14. The Balaban J connectivity index is 2.06. The summed E-state index contributed by atoms with van der Waals surface area (Å²) >= 11 is 0. The first-order valence-electron chi connectivity index (χ1n) is 8.38. The minimum absolute atomic E-state index is 0.0894. The lowest BCUT2D eigenvalue weighted by Gasteiger charge is -2.39. The van der Waals surface area contributed by atoms with E-state index >= 15 is 0 Å². The minimum atomic E-state index is -0.906. The summed E-state index contributed by atoms with van der Waals surface area (Å²) in [5.41, 5.74) is 1.42. The van der Waals surface area contributed by atoms with E-state index in [4.69, 9.17) is 9.47 Å². The average molecular weight is 355 g/mol. The monoisotopic (exact) mass is 355 g/mol. The SMILES string of the molecule is COc1ccc([C@H]2[C@@H](C(=O)O)CCC(=O)N2c2ccc(OC)cc2)cc1. The number of aliphatic carboxylic acids is 1. The molecule has 26 heavy (non-hydrogen) atoms. The van der Waals surface area contributed by atoms with Gasteiger partial charge in [-0.05, 0) is 48.4 Å². The molecule has 3 rings (SSSR count). The van der Waals surface area contributed by atoms with Crippen molar-refractivity contribution in [1.82, 2.24) is 0 Å². The van der Waals surface area contributed by atoms with Crippen molar-refractivity contribution < 1.29 is 24.2 Å². The molecule has 0 spiro atoms. The third kappa shape index (κ3) is 3.35. The molecule has 0 bridgehead atoms. The van der Waals surface area contributed by atoms with Crippen molar-refractivity contribution in [3.63, 3.8) is 0 Å². The lowest BCUT2D eigenvalue weighted by molar-refractivity contribution is -0.144. The van der Waals surface area contributed by atoms with Gasteiger partial charge in [-0.2, -0.15) is 0 Å². The second-order valence-electron chi connectivity index (χ2n) is 6.16. The van der Waals surface area contributed by atoms with Crippen LogP contribution in [0.1, 0.15) is 24.4 Å². The quantitative estimate of drug-likeness (QED) is 0.891. The number of ether oxygens (including phenoxy) is 2. The number of hydrogen-bond donors (Lipinski definition) is 1. The molecule has 1 aliphatic rings. The number of methoxy groups -OCH3 is 2. The van der Waals surface area contributed by atoms with E-state index < -0.39 is 17.9 Å². The van der Waals surface area contributed by atoms with Crippen molar-refractivity contribution in [2.75, 3.05) is 19.1 Å². The van der Waals surface area contributed by atoms with Gasteiger partial charge in [0.25, 0.3) is 0 Å². The highest BCUT2D eigenvalue weighted by atomic mass is 16.5. The van der Waals surface area contributed by atoms with Gasteiger partial charge in [0.05, 0.1) is 26.2 Å². The molecule has 0 saturated carbocycles. The standard InChI is InChI=1S/C20H21NO5/c1-25-15-7-3-13(4-8-15)19-17(20(23)24)11-12-18(22)21(19)14-5-9-16(26-2)10-6-14/h3-10,17,19H,11-12H2,1-2H3,(H,23,24)/t17-,19-/m0/s1. The first-order valence-corrected chi connectivity index (χ1v) is 8.38. The molecule has 2 atom stereocenters. The fourth-order valence-corrected chi connectivity index (χ4v) is 3.38. The largest absolute Gasteiger partial charge is 0.497 e. The van der Waals surface area contributed by atoms with E-state index in [2.05, 4.69) is 0 Å². The van der Waals surface area contributed by atoms with Crippen LogP contribution in [0, 0.1) is 5.92 Å². The molecule has 0 aliphatic carbocycles. The number of nitrogens with zero attached hydrogens (tertiary/aromatic N) is 1. The molecule has 1 heterocycles. The van der Waals surface area contributed by atoms with Gasteiger partial charge < -0.3 is 19.5 Å². The highest BCUT2D eigenvalue weighted by Gasteiger charge is 2.41. The Hall–Kier alpha value is -3.02. The fourth-order valence-electron chi connectivity index (χ4n) is 3.38. The topological polar surface area (TPSA) is 76.1 Å². The van der Waals surface area contributed by atoms with E-state index in [0.717, 1.165) is 5.56 Å². The van der Waals surface area contributed by atoms with Crippen LogP contribution in [0.3, 0.4) is 0 Å². The van der Waals surface area contributed by atoms with Gasteiger partial charge >= 0.3 is 5.97 Å². The summed E-state index contributed by atoms with van der Waals surface area (Å²) in [6.45, 7) is 0. The number of amides is 1. The Morgan fingerprint density at radius 1 is 1.00 bits per heavy atom. The highest BCUT2D eigenvalue weighted by Crippen LogP contribution is 2.40. The lowest BCUT2D eigenvalue weighted by Crippen LogP contribution is -2.45. The Morgan fingerprint density at radius 2 is 1.54 bits per heavy atom. The maximum atomic E-state index is 12.7. The van der Waals surface area contributed by atoms with Gasteiger partial charge in [0.15, 0.2) is 0 Å². The molecule has 136 valence electrons. The van der Waals surface area contributed by atoms with Crippen molar-refractivity contribution >= 4 is 17.6 Å². The van der Waals surface area contributed by atoms with Crippen LogP contribution < -0.4 is 14.4 Å². The first-order chi connectivity index (χ1) is 12.5. The fraction of sp³-hybridized carbons (Fsp3) is 0.300. The molecular formula is C20H21NO5. The van der Waals surface area contributed by atoms with Gasteiger partial charge in [-0.25, -0.2) is 0 Å². The van der Waals surface area contributed by atoms with Crippen LogP contribution in [0.5, 0.6) is 11.5 Å². The number of benzene rings is 2. The molecule has 6 heteroatoms. The molecule has 0 radical (unpaired) electrons. The third-order valence-electron chi connectivity index (χ3n) is 4.72. The molecule has 2 aromatic rings. The molecule has 1 N–H and O–H groups in total. The normalized spacial score (nSPS) is 19.9. The second-order valence-corrected chi connectivity index (χ2v) is 6.16. The number of carboxylic acids is 1. The van der Waals surface area contributed by atoms with Crippen molar-refractivity contribution in [3.05, 3.63) is 54.1 Å². The molecule has 1 amide bonds. The smallest absolute Gasteiger partial charge is 0.308 e. The van der Waals surface area contributed by atoms with E-state index in [0.29, 0.717) is 23.6 Å². The number of carbonyl (C=O) groups excluding carboxylic acids is 1. The van der Waals surface area contributed by atoms with Crippen LogP contribution in [0.2, 0.25) is 0 Å². The zero-order valence-electron chi connectivity index (χ0n) is 14.7. The van der Waals surface area contributed by atoms with Crippen LogP contribution in [0.25, 0.3) is 0 Å². The Morgan fingerprint density at radius 3 is 2.04 bits per heavy atom. The Bertz CT molecular complexity index is 785. The summed E-state index contributed by atoms with van der Waals surface area (Å²) in [5.74, 6) is -0.318. The number of rotatable bonds is 5. The number of piperidine rings is 1. The Kier molecular flexibility index (Phi) is 5.11. The van der Waals surface area contributed by atoms with Gasteiger partial charge in [0.2, 0.25) is 5.91 Å². The number of carboxylic acid groups (broad SMARTS) is 1. The predicted octanol–water partition coefficient (Wildman–Crippen LogP) is 3.27. The van der Waals surface area contributed by atoms with Crippen molar-refractivity contribution in [1.29, 1.82) is 0 Å². The van der Waals surface area contributed by atoms with Crippen molar-refractivity contribution in [2.24, 2.45) is 5.92 Å². The maximum Gasteiger partial charge on any atom is 0.308 e.